The third-order valence-electron chi connectivity index (χ3n) is 3.81. The Morgan fingerprint density at radius 3 is 2.81 bits per heavy atom. The molecule has 0 saturated heterocycles. The van der Waals surface area contributed by atoms with Crippen LogP contribution >= 0.6 is 11.3 Å². The summed E-state index contributed by atoms with van der Waals surface area (Å²) in [5.74, 6) is -0.291. The van der Waals surface area contributed by atoms with E-state index in [0.29, 0.717) is 10.9 Å². The molecule has 0 radical (unpaired) electrons. The lowest BCUT2D eigenvalue weighted by Crippen LogP contribution is -2.10. The zero-order valence-corrected chi connectivity index (χ0v) is 15.6. The summed E-state index contributed by atoms with van der Waals surface area (Å²) in [4.78, 5) is 28.5. The second-order valence-corrected chi connectivity index (χ2v) is 6.34. The van der Waals surface area contributed by atoms with Crippen LogP contribution in [0.2, 0.25) is 0 Å². The predicted molar refractivity (Wildman–Crippen MR) is 97.6 cm³/mol. The monoisotopic (exact) mass is 390 g/mol. The molecular formula is C18H18N2O6S. The van der Waals surface area contributed by atoms with Gasteiger partial charge in [-0.3, -0.25) is 4.79 Å². The third-order valence-corrected chi connectivity index (χ3v) is 4.67. The average molecular weight is 390 g/mol. The van der Waals surface area contributed by atoms with E-state index in [9.17, 15) is 14.7 Å². The minimum Gasteiger partial charge on any atom is -0.435 e. The Labute approximate surface area is 158 Å². The second kappa shape index (κ2) is 8.30. The third kappa shape index (κ3) is 4.00. The quantitative estimate of drug-likeness (QED) is 0.376. The Hall–Kier alpha value is -2.75. The molecule has 8 nitrogen and oxygen atoms in total. The van der Waals surface area contributed by atoms with Crippen molar-refractivity contribution in [3.63, 3.8) is 0 Å². The number of carbonyl (C=O) groups is 2. The number of thiazole rings is 1. The average Bonchev–Trinajstić information content (AvgIpc) is 3.31. The number of ketones is 1. The van der Waals surface area contributed by atoms with Crippen molar-refractivity contribution in [1.29, 1.82) is 0 Å². The van der Waals surface area contributed by atoms with Crippen LogP contribution < -0.4 is 0 Å². The number of ether oxygens (including phenoxy) is 3. The van der Waals surface area contributed by atoms with Gasteiger partial charge in [-0.05, 0) is 13.0 Å². The fourth-order valence-electron chi connectivity index (χ4n) is 2.56. The van der Waals surface area contributed by atoms with Crippen molar-refractivity contribution in [2.24, 2.45) is 0 Å². The van der Waals surface area contributed by atoms with E-state index in [4.69, 9.17) is 14.2 Å². The lowest BCUT2D eigenvalue weighted by atomic mass is 10.1. The SMILES string of the molecule is CCOC(=O)OCn1cc(C(=O)c2nc(C(O)OC)cs2)c2ccccc21. The highest BCUT2D eigenvalue weighted by atomic mass is 32.1. The summed E-state index contributed by atoms with van der Waals surface area (Å²) in [5.41, 5.74) is 1.44. The Morgan fingerprint density at radius 2 is 2.07 bits per heavy atom. The molecule has 2 heterocycles. The van der Waals surface area contributed by atoms with Gasteiger partial charge in [-0.15, -0.1) is 11.3 Å². The van der Waals surface area contributed by atoms with Gasteiger partial charge in [-0.1, -0.05) is 18.2 Å². The highest BCUT2D eigenvalue weighted by molar-refractivity contribution is 7.12. The molecule has 27 heavy (non-hydrogen) atoms. The fraction of sp³-hybridized carbons (Fsp3) is 0.278. The molecule has 0 spiro atoms. The number of benzene rings is 1. The molecule has 0 aliphatic heterocycles. The van der Waals surface area contributed by atoms with E-state index in [1.165, 1.54) is 7.11 Å². The van der Waals surface area contributed by atoms with Gasteiger partial charge in [0.25, 0.3) is 0 Å². The van der Waals surface area contributed by atoms with E-state index in [1.54, 1.807) is 23.1 Å². The van der Waals surface area contributed by atoms with Crippen LogP contribution in [0.15, 0.2) is 35.8 Å². The van der Waals surface area contributed by atoms with Crippen LogP contribution in [0.25, 0.3) is 10.9 Å². The number of aromatic nitrogens is 2. The number of carbonyl (C=O) groups excluding carboxylic acids is 2. The molecule has 1 unspecified atom stereocenters. The smallest absolute Gasteiger partial charge is 0.435 e. The molecule has 0 amide bonds. The molecule has 0 fully saturated rings. The van der Waals surface area contributed by atoms with E-state index in [0.717, 1.165) is 16.9 Å². The molecule has 3 rings (SSSR count). The number of nitrogens with zero attached hydrogens (tertiary/aromatic N) is 2. The van der Waals surface area contributed by atoms with Crippen molar-refractivity contribution in [2.75, 3.05) is 13.7 Å². The predicted octanol–water partition coefficient (Wildman–Crippen LogP) is 3.10. The maximum atomic E-state index is 12.9. The summed E-state index contributed by atoms with van der Waals surface area (Å²) < 4.78 is 16.3. The van der Waals surface area contributed by atoms with Gasteiger partial charge < -0.3 is 23.9 Å². The maximum Gasteiger partial charge on any atom is 0.510 e. The number of methoxy groups -OCH3 is 1. The van der Waals surface area contributed by atoms with Gasteiger partial charge >= 0.3 is 6.16 Å². The lowest BCUT2D eigenvalue weighted by Gasteiger charge is -2.06. The Balaban J connectivity index is 1.91. The van der Waals surface area contributed by atoms with Gasteiger partial charge in [0.05, 0.1) is 17.7 Å². The largest absolute Gasteiger partial charge is 0.510 e. The van der Waals surface area contributed by atoms with Gasteiger partial charge in [0.1, 0.15) is 5.69 Å². The number of fused-ring (bicyclic) bond motifs is 1. The second-order valence-electron chi connectivity index (χ2n) is 5.48. The van der Waals surface area contributed by atoms with Gasteiger partial charge in [0.15, 0.2) is 18.0 Å². The molecule has 1 aromatic carbocycles. The normalized spacial score (nSPS) is 12.1. The van der Waals surface area contributed by atoms with E-state index in [-0.39, 0.29) is 29.8 Å². The molecule has 0 aliphatic rings. The molecule has 0 aliphatic carbocycles. The number of aliphatic hydroxyl groups excluding tert-OH is 1. The maximum absolute atomic E-state index is 12.9. The highest BCUT2D eigenvalue weighted by Crippen LogP contribution is 2.26. The van der Waals surface area contributed by atoms with Crippen molar-refractivity contribution in [2.45, 2.75) is 19.9 Å². The Morgan fingerprint density at radius 1 is 1.30 bits per heavy atom. The topological polar surface area (TPSA) is 99.9 Å². The standard InChI is InChI=1S/C18H18N2O6S/c1-3-25-18(23)26-10-20-8-12(11-6-4-5-7-14(11)20)15(21)16-19-13(9-27-16)17(22)24-2/h4-9,17,22H,3,10H2,1-2H3. The zero-order valence-electron chi connectivity index (χ0n) is 14.7. The molecule has 0 bridgehead atoms. The fourth-order valence-corrected chi connectivity index (χ4v) is 3.33. The molecule has 2 aromatic heterocycles. The van der Waals surface area contributed by atoms with Gasteiger partial charge in [0, 0.05) is 24.1 Å². The van der Waals surface area contributed by atoms with E-state index < -0.39 is 12.4 Å². The molecule has 3 aromatic rings. The van der Waals surface area contributed by atoms with Gasteiger partial charge in [-0.25, -0.2) is 9.78 Å². The minimum atomic E-state index is -1.18. The van der Waals surface area contributed by atoms with Crippen LogP contribution in [0.3, 0.4) is 0 Å². The Bertz CT molecular complexity index is 964. The van der Waals surface area contributed by atoms with E-state index >= 15 is 0 Å². The molecule has 0 saturated carbocycles. The zero-order chi connectivity index (χ0) is 19.4. The van der Waals surface area contributed by atoms with Crippen molar-refractivity contribution in [3.8, 4) is 0 Å². The number of hydrogen-bond acceptors (Lipinski definition) is 8. The van der Waals surface area contributed by atoms with Crippen LogP contribution in [0.5, 0.6) is 0 Å². The van der Waals surface area contributed by atoms with Gasteiger partial charge in [0.2, 0.25) is 5.78 Å². The summed E-state index contributed by atoms with van der Waals surface area (Å²) in [6, 6.07) is 7.27. The first-order valence-corrected chi connectivity index (χ1v) is 9.01. The Kier molecular flexibility index (Phi) is 5.84. The number of para-hydroxylation sites is 1. The van der Waals surface area contributed by atoms with Crippen LogP contribution in [0.1, 0.15) is 34.3 Å². The molecule has 1 N–H and O–H groups in total. The van der Waals surface area contributed by atoms with Crippen LogP contribution in [0.4, 0.5) is 4.79 Å². The van der Waals surface area contributed by atoms with Crippen LogP contribution in [0, 0.1) is 0 Å². The lowest BCUT2D eigenvalue weighted by molar-refractivity contribution is -0.0795. The van der Waals surface area contributed by atoms with Crippen molar-refractivity contribution in [3.05, 3.63) is 52.1 Å². The summed E-state index contributed by atoms with van der Waals surface area (Å²) in [5, 5.41) is 12.2. The highest BCUT2D eigenvalue weighted by Gasteiger charge is 2.21. The molecular weight excluding hydrogens is 372 g/mol. The van der Waals surface area contributed by atoms with Crippen LogP contribution in [-0.4, -0.2) is 40.3 Å². The molecule has 142 valence electrons. The minimum absolute atomic E-state index is 0.0852. The van der Waals surface area contributed by atoms with E-state index in [2.05, 4.69) is 4.98 Å². The van der Waals surface area contributed by atoms with Gasteiger partial charge in [-0.2, -0.15) is 0 Å². The first-order chi connectivity index (χ1) is 13.0. The van der Waals surface area contributed by atoms with Crippen LogP contribution in [-0.2, 0) is 20.9 Å². The first kappa shape index (κ1) is 19.0. The summed E-state index contributed by atoms with van der Waals surface area (Å²) in [7, 11) is 1.35. The summed E-state index contributed by atoms with van der Waals surface area (Å²) in [6.07, 6.45) is -0.344. The summed E-state index contributed by atoms with van der Waals surface area (Å²) >= 11 is 1.12. The summed E-state index contributed by atoms with van der Waals surface area (Å²) in [6.45, 7) is 1.82. The van der Waals surface area contributed by atoms with Crippen molar-refractivity contribution in [1.82, 2.24) is 9.55 Å². The number of hydrogen-bond donors (Lipinski definition) is 1. The molecule has 1 atom stereocenters. The van der Waals surface area contributed by atoms with Crippen molar-refractivity contribution < 1.29 is 28.9 Å². The number of rotatable bonds is 7. The molecule has 9 heteroatoms. The first-order valence-electron chi connectivity index (χ1n) is 8.13. The van der Waals surface area contributed by atoms with Crippen molar-refractivity contribution >= 4 is 34.2 Å². The van der Waals surface area contributed by atoms with E-state index in [1.807, 2.05) is 24.3 Å². The number of aliphatic hydroxyl groups is 1.